The Morgan fingerprint density at radius 1 is 1.42 bits per heavy atom. The first-order chi connectivity index (χ1) is 9.12. The topological polar surface area (TPSA) is 83.7 Å². The van der Waals surface area contributed by atoms with Gasteiger partial charge in [-0.25, -0.2) is 5.43 Å². The molecule has 0 fully saturated rings. The lowest BCUT2D eigenvalue weighted by atomic mass is 10.1. The summed E-state index contributed by atoms with van der Waals surface area (Å²) in [6.45, 7) is 1.89. The first-order valence-corrected chi connectivity index (χ1v) is 5.53. The predicted molar refractivity (Wildman–Crippen MR) is 70.2 cm³/mol. The zero-order valence-electron chi connectivity index (χ0n) is 11.1. The first kappa shape index (κ1) is 14.5. The Morgan fingerprint density at radius 2 is 2.05 bits per heavy atom. The Balaban J connectivity index is 2.87. The quantitative estimate of drug-likeness (QED) is 0.641. The van der Waals surface area contributed by atoms with E-state index in [2.05, 4.69) is 10.5 Å². The summed E-state index contributed by atoms with van der Waals surface area (Å²) in [7, 11) is 3.11. The van der Waals surface area contributed by atoms with Gasteiger partial charge in [-0.05, 0) is 24.6 Å². The minimum Gasteiger partial charge on any atom is -0.493 e. The first-order valence-electron chi connectivity index (χ1n) is 5.53. The second-order valence-corrected chi connectivity index (χ2v) is 3.69. The number of nitrogens with zero attached hydrogens (tertiary/aromatic N) is 2. The third kappa shape index (κ3) is 4.00. The van der Waals surface area contributed by atoms with Crippen LogP contribution in [0, 0.1) is 18.3 Å². The van der Waals surface area contributed by atoms with Crippen molar-refractivity contribution in [3.63, 3.8) is 0 Å². The van der Waals surface area contributed by atoms with Gasteiger partial charge < -0.3 is 9.47 Å². The molecule has 6 nitrogen and oxygen atoms in total. The van der Waals surface area contributed by atoms with E-state index >= 15 is 0 Å². The fourth-order valence-electron chi connectivity index (χ4n) is 1.42. The molecule has 1 amide bonds. The van der Waals surface area contributed by atoms with E-state index in [4.69, 9.17) is 14.7 Å². The zero-order chi connectivity index (χ0) is 14.3. The van der Waals surface area contributed by atoms with Crippen LogP contribution in [0.4, 0.5) is 0 Å². The maximum absolute atomic E-state index is 11.0. The summed E-state index contributed by atoms with van der Waals surface area (Å²) in [4.78, 5) is 11.0. The van der Waals surface area contributed by atoms with Crippen LogP contribution in [-0.4, -0.2) is 26.3 Å². The standard InChI is InChI=1S/C13H15N3O3/c1-9-6-11(18-2)12(19-3)7-10(9)8-15-16-13(17)4-5-14/h6-8H,4H2,1-3H3,(H,16,17)/b15-8-. The van der Waals surface area contributed by atoms with Crippen molar-refractivity contribution in [3.8, 4) is 17.6 Å². The molecular formula is C13H15N3O3. The van der Waals surface area contributed by atoms with E-state index < -0.39 is 5.91 Å². The molecule has 0 bridgehead atoms. The van der Waals surface area contributed by atoms with Crippen LogP contribution in [0.5, 0.6) is 11.5 Å². The summed E-state index contributed by atoms with van der Waals surface area (Å²) in [6, 6.07) is 5.31. The lowest BCUT2D eigenvalue weighted by Crippen LogP contribution is -2.16. The molecule has 0 unspecified atom stereocenters. The Hall–Kier alpha value is -2.55. The smallest absolute Gasteiger partial charge is 0.254 e. The van der Waals surface area contributed by atoms with Crippen LogP contribution in [0.25, 0.3) is 0 Å². The number of carbonyl (C=O) groups is 1. The molecule has 0 spiro atoms. The zero-order valence-corrected chi connectivity index (χ0v) is 11.1. The number of aryl methyl sites for hydroxylation is 1. The third-order valence-electron chi connectivity index (χ3n) is 2.40. The second kappa shape index (κ2) is 7.01. The molecule has 1 N–H and O–H groups in total. The average molecular weight is 261 g/mol. The lowest BCUT2D eigenvalue weighted by molar-refractivity contribution is -0.120. The Kier molecular flexibility index (Phi) is 5.35. The number of hydrazone groups is 1. The van der Waals surface area contributed by atoms with Crippen molar-refractivity contribution >= 4 is 12.1 Å². The van der Waals surface area contributed by atoms with Crippen LogP contribution in [0.3, 0.4) is 0 Å². The minimum atomic E-state index is -0.447. The normalized spacial score (nSPS) is 10.0. The van der Waals surface area contributed by atoms with Crippen LogP contribution < -0.4 is 14.9 Å². The maximum atomic E-state index is 11.0. The molecule has 0 aliphatic carbocycles. The van der Waals surface area contributed by atoms with Gasteiger partial charge in [0.15, 0.2) is 11.5 Å². The van der Waals surface area contributed by atoms with E-state index in [1.165, 1.54) is 6.21 Å². The Bertz CT molecular complexity index is 533. The maximum Gasteiger partial charge on any atom is 0.254 e. The summed E-state index contributed by atoms with van der Waals surface area (Å²) >= 11 is 0. The van der Waals surface area contributed by atoms with Crippen LogP contribution >= 0.6 is 0 Å². The Morgan fingerprint density at radius 3 is 2.63 bits per heavy atom. The molecule has 1 aromatic rings. The van der Waals surface area contributed by atoms with Crippen molar-refractivity contribution < 1.29 is 14.3 Å². The van der Waals surface area contributed by atoms with Crippen molar-refractivity contribution in [2.45, 2.75) is 13.3 Å². The van der Waals surface area contributed by atoms with E-state index in [9.17, 15) is 4.79 Å². The molecule has 0 radical (unpaired) electrons. The van der Waals surface area contributed by atoms with Crippen LogP contribution in [0.1, 0.15) is 17.5 Å². The van der Waals surface area contributed by atoms with Crippen molar-refractivity contribution in [2.24, 2.45) is 5.10 Å². The van der Waals surface area contributed by atoms with Gasteiger partial charge in [0.2, 0.25) is 0 Å². The van der Waals surface area contributed by atoms with Crippen molar-refractivity contribution in [2.75, 3.05) is 14.2 Å². The molecule has 100 valence electrons. The molecule has 0 atom stereocenters. The monoisotopic (exact) mass is 261 g/mol. The number of nitrogens with one attached hydrogen (secondary N) is 1. The summed E-state index contributed by atoms with van der Waals surface area (Å²) in [5, 5.41) is 12.1. The molecule has 1 aromatic carbocycles. The van der Waals surface area contributed by atoms with Crippen molar-refractivity contribution in [3.05, 3.63) is 23.3 Å². The molecule has 6 heteroatoms. The minimum absolute atomic E-state index is 0.220. The van der Waals surface area contributed by atoms with E-state index in [1.807, 2.05) is 13.0 Å². The largest absolute Gasteiger partial charge is 0.493 e. The van der Waals surface area contributed by atoms with Gasteiger partial charge >= 0.3 is 0 Å². The molecule has 1 rings (SSSR count). The number of carbonyl (C=O) groups excluding carboxylic acids is 1. The number of methoxy groups -OCH3 is 2. The number of ether oxygens (including phenoxy) is 2. The van der Waals surface area contributed by atoms with E-state index in [1.54, 1.807) is 26.4 Å². The average Bonchev–Trinajstić information content (AvgIpc) is 2.40. The number of hydrogen-bond acceptors (Lipinski definition) is 5. The van der Waals surface area contributed by atoms with Crippen LogP contribution in [0.2, 0.25) is 0 Å². The van der Waals surface area contributed by atoms with Gasteiger partial charge in [0, 0.05) is 5.56 Å². The second-order valence-electron chi connectivity index (χ2n) is 3.69. The molecular weight excluding hydrogens is 246 g/mol. The van der Waals surface area contributed by atoms with Crippen LogP contribution in [0.15, 0.2) is 17.2 Å². The summed E-state index contributed by atoms with van der Waals surface area (Å²) in [6.07, 6.45) is 1.27. The summed E-state index contributed by atoms with van der Waals surface area (Å²) in [5.41, 5.74) is 3.98. The van der Waals surface area contributed by atoms with E-state index in [0.29, 0.717) is 11.5 Å². The van der Waals surface area contributed by atoms with Crippen LogP contribution in [-0.2, 0) is 4.79 Å². The van der Waals surface area contributed by atoms with Gasteiger partial charge in [-0.3, -0.25) is 4.79 Å². The summed E-state index contributed by atoms with van der Waals surface area (Å²) < 4.78 is 10.4. The van der Waals surface area contributed by atoms with Crippen molar-refractivity contribution in [1.29, 1.82) is 5.26 Å². The third-order valence-corrected chi connectivity index (χ3v) is 2.40. The van der Waals surface area contributed by atoms with Gasteiger partial charge in [0.05, 0.1) is 26.5 Å². The van der Waals surface area contributed by atoms with Gasteiger partial charge in [-0.2, -0.15) is 10.4 Å². The number of nitriles is 1. The highest BCUT2D eigenvalue weighted by Gasteiger charge is 2.07. The van der Waals surface area contributed by atoms with E-state index in [0.717, 1.165) is 11.1 Å². The Labute approximate surface area is 111 Å². The molecule has 0 saturated carbocycles. The fraction of sp³-hybridized carbons (Fsp3) is 0.308. The highest BCUT2D eigenvalue weighted by Crippen LogP contribution is 2.29. The number of hydrogen-bond donors (Lipinski definition) is 1. The summed E-state index contributed by atoms with van der Waals surface area (Å²) in [5.74, 6) is 0.764. The van der Waals surface area contributed by atoms with Crippen molar-refractivity contribution in [1.82, 2.24) is 5.43 Å². The molecule has 0 aliphatic heterocycles. The van der Waals surface area contributed by atoms with Gasteiger partial charge in [0.25, 0.3) is 5.91 Å². The highest BCUT2D eigenvalue weighted by molar-refractivity contribution is 5.85. The SMILES string of the molecule is COc1cc(C)c(/C=N\NC(=O)CC#N)cc1OC. The fourth-order valence-corrected chi connectivity index (χ4v) is 1.42. The highest BCUT2D eigenvalue weighted by atomic mass is 16.5. The molecule has 19 heavy (non-hydrogen) atoms. The lowest BCUT2D eigenvalue weighted by Gasteiger charge is -2.10. The van der Waals surface area contributed by atoms with Gasteiger partial charge in [-0.15, -0.1) is 0 Å². The number of rotatable bonds is 5. The van der Waals surface area contributed by atoms with Gasteiger partial charge in [-0.1, -0.05) is 0 Å². The number of benzene rings is 1. The molecule has 0 aromatic heterocycles. The van der Waals surface area contributed by atoms with E-state index in [-0.39, 0.29) is 6.42 Å². The number of amides is 1. The van der Waals surface area contributed by atoms with Gasteiger partial charge in [0.1, 0.15) is 6.42 Å². The molecule has 0 saturated heterocycles. The molecule has 0 heterocycles. The predicted octanol–water partition coefficient (Wildman–Crippen LogP) is 1.38. The molecule has 0 aliphatic rings.